The average Bonchev–Trinajstić information content (AvgIpc) is 3.06. The fourth-order valence-corrected chi connectivity index (χ4v) is 3.22. The molecule has 1 aromatic heterocycles. The number of amides is 1. The van der Waals surface area contributed by atoms with Crippen molar-refractivity contribution >= 4 is 34.8 Å². The summed E-state index contributed by atoms with van der Waals surface area (Å²) in [6.45, 7) is 1.92. The molecule has 1 heterocycles. The molecule has 0 unspecified atom stereocenters. The van der Waals surface area contributed by atoms with Crippen LogP contribution in [0.25, 0.3) is 0 Å². The molecule has 1 amide bonds. The smallest absolute Gasteiger partial charge is 0.234 e. The van der Waals surface area contributed by atoms with E-state index in [1.807, 2.05) is 7.05 Å². The molecule has 0 spiro atoms. The highest BCUT2D eigenvalue weighted by Gasteiger charge is 2.12. The molecule has 0 radical (unpaired) electrons. The number of benzene rings is 2. The van der Waals surface area contributed by atoms with E-state index in [2.05, 4.69) is 20.8 Å². The third-order valence-electron chi connectivity index (χ3n) is 4.13. The van der Waals surface area contributed by atoms with Crippen LogP contribution in [0.4, 0.5) is 15.8 Å². The summed E-state index contributed by atoms with van der Waals surface area (Å²) in [6.07, 6.45) is 0. The van der Waals surface area contributed by atoms with Gasteiger partial charge in [-0.15, -0.1) is 10.2 Å². The lowest BCUT2D eigenvalue weighted by Crippen LogP contribution is -2.14. The predicted molar refractivity (Wildman–Crippen MR) is 111 cm³/mol. The summed E-state index contributed by atoms with van der Waals surface area (Å²) in [5, 5.41) is 14.8. The van der Waals surface area contributed by atoms with Crippen LogP contribution in [0, 0.1) is 5.82 Å². The van der Waals surface area contributed by atoms with Crippen molar-refractivity contribution in [3.63, 3.8) is 0 Å². The van der Waals surface area contributed by atoms with Crippen molar-refractivity contribution < 1.29 is 14.0 Å². The van der Waals surface area contributed by atoms with Gasteiger partial charge >= 0.3 is 0 Å². The van der Waals surface area contributed by atoms with E-state index in [4.69, 9.17) is 0 Å². The molecule has 0 aliphatic heterocycles. The minimum Gasteiger partial charge on any atom is -0.378 e. The van der Waals surface area contributed by atoms with Crippen LogP contribution in [-0.4, -0.2) is 32.2 Å². The van der Waals surface area contributed by atoms with Gasteiger partial charge < -0.3 is 15.2 Å². The van der Waals surface area contributed by atoms with Gasteiger partial charge in [-0.2, -0.15) is 0 Å². The minimum atomic E-state index is -0.291. The molecule has 0 saturated carbocycles. The summed E-state index contributed by atoms with van der Waals surface area (Å²) in [4.78, 5) is 23.4. The van der Waals surface area contributed by atoms with Gasteiger partial charge in [0.1, 0.15) is 5.82 Å². The first-order chi connectivity index (χ1) is 13.9. The van der Waals surface area contributed by atoms with Crippen molar-refractivity contribution in [3.8, 4) is 0 Å². The number of nitrogens with zero attached hydrogens (tertiary/aromatic N) is 3. The van der Waals surface area contributed by atoms with Crippen LogP contribution in [0.3, 0.4) is 0 Å². The summed E-state index contributed by atoms with van der Waals surface area (Å²) in [7, 11) is 1.82. The van der Waals surface area contributed by atoms with E-state index in [1.54, 1.807) is 41.0 Å². The van der Waals surface area contributed by atoms with Crippen LogP contribution in [-0.2, 0) is 18.4 Å². The molecule has 0 bridgehead atoms. The quantitative estimate of drug-likeness (QED) is 0.434. The summed E-state index contributed by atoms with van der Waals surface area (Å²) in [5.41, 5.74) is 2.00. The van der Waals surface area contributed by atoms with Gasteiger partial charge in [-0.05, 0) is 55.5 Å². The fourth-order valence-electron chi connectivity index (χ4n) is 2.49. The molecule has 9 heteroatoms. The van der Waals surface area contributed by atoms with Crippen LogP contribution < -0.4 is 10.6 Å². The zero-order chi connectivity index (χ0) is 20.8. The van der Waals surface area contributed by atoms with E-state index in [1.165, 1.54) is 30.8 Å². The molecule has 29 heavy (non-hydrogen) atoms. The van der Waals surface area contributed by atoms with Gasteiger partial charge in [-0.3, -0.25) is 9.59 Å². The van der Waals surface area contributed by atoms with Gasteiger partial charge in [-0.1, -0.05) is 11.8 Å². The van der Waals surface area contributed by atoms with Crippen LogP contribution >= 0.6 is 11.8 Å². The molecule has 3 aromatic rings. The number of thioether (sulfide) groups is 1. The van der Waals surface area contributed by atoms with Crippen LogP contribution in [0.1, 0.15) is 23.1 Å². The third-order valence-corrected chi connectivity index (χ3v) is 5.15. The number of Topliss-reactive ketones (excluding diaryl/α,β-unsaturated/α-hetero) is 1. The summed E-state index contributed by atoms with van der Waals surface area (Å²) in [5.74, 6) is 0.370. The minimum absolute atomic E-state index is 0.0227. The van der Waals surface area contributed by atoms with Crippen LogP contribution in [0.15, 0.2) is 53.7 Å². The molecular formula is C20H20FN5O2S. The number of hydrogen-bond donors (Lipinski definition) is 2. The Kier molecular flexibility index (Phi) is 6.61. The molecular weight excluding hydrogens is 393 g/mol. The topological polar surface area (TPSA) is 88.9 Å². The van der Waals surface area contributed by atoms with Crippen molar-refractivity contribution in [2.45, 2.75) is 18.6 Å². The van der Waals surface area contributed by atoms with E-state index in [0.717, 1.165) is 5.69 Å². The monoisotopic (exact) mass is 413 g/mol. The van der Waals surface area contributed by atoms with E-state index in [9.17, 15) is 14.0 Å². The molecule has 150 valence electrons. The molecule has 0 atom stereocenters. The highest BCUT2D eigenvalue weighted by molar-refractivity contribution is 7.99. The Bertz CT molecular complexity index is 1000. The lowest BCUT2D eigenvalue weighted by molar-refractivity contribution is -0.113. The number of hydrogen-bond acceptors (Lipinski definition) is 6. The maximum Gasteiger partial charge on any atom is 0.234 e. The zero-order valence-electron chi connectivity index (χ0n) is 16.0. The maximum atomic E-state index is 13.0. The van der Waals surface area contributed by atoms with Gasteiger partial charge in [0, 0.05) is 24.0 Å². The lowest BCUT2D eigenvalue weighted by atomic mass is 10.1. The number of halogens is 1. The highest BCUT2D eigenvalue weighted by atomic mass is 32.2. The number of carbonyl (C=O) groups is 2. The number of nitrogens with one attached hydrogen (secondary N) is 2. The lowest BCUT2D eigenvalue weighted by Gasteiger charge is -2.07. The number of rotatable bonds is 8. The fraction of sp³-hybridized carbons (Fsp3) is 0.200. The summed E-state index contributed by atoms with van der Waals surface area (Å²) < 4.78 is 14.8. The Morgan fingerprint density at radius 3 is 2.34 bits per heavy atom. The van der Waals surface area contributed by atoms with Gasteiger partial charge in [0.15, 0.2) is 16.8 Å². The molecule has 2 N–H and O–H groups in total. The normalized spacial score (nSPS) is 10.6. The molecule has 2 aromatic carbocycles. The van der Waals surface area contributed by atoms with Crippen molar-refractivity contribution in [1.82, 2.24) is 14.8 Å². The van der Waals surface area contributed by atoms with Gasteiger partial charge in [0.05, 0.1) is 12.3 Å². The Morgan fingerprint density at radius 1 is 1.03 bits per heavy atom. The van der Waals surface area contributed by atoms with Gasteiger partial charge in [0.25, 0.3) is 0 Å². The molecule has 0 fully saturated rings. The second-order valence-electron chi connectivity index (χ2n) is 6.29. The zero-order valence-corrected chi connectivity index (χ0v) is 16.8. The Morgan fingerprint density at radius 2 is 1.69 bits per heavy atom. The molecule has 3 rings (SSSR count). The van der Waals surface area contributed by atoms with Crippen molar-refractivity contribution in [2.24, 2.45) is 7.05 Å². The SMILES string of the molecule is CC(=O)c1ccc(NC(=O)CSc2nnc(CNc3ccc(F)cc3)n2C)cc1. The maximum absolute atomic E-state index is 13.0. The molecule has 7 nitrogen and oxygen atoms in total. The van der Waals surface area contributed by atoms with Gasteiger partial charge in [0.2, 0.25) is 5.91 Å². The second kappa shape index (κ2) is 9.33. The number of aromatic nitrogens is 3. The standard InChI is InChI=1S/C20H20FN5O2S/c1-13(27)14-3-7-17(8-4-14)23-19(28)12-29-20-25-24-18(26(20)2)11-22-16-9-5-15(21)6-10-16/h3-10,22H,11-12H2,1-2H3,(H,23,28). The molecule has 0 saturated heterocycles. The Hall–Kier alpha value is -3.20. The van der Waals surface area contributed by atoms with Crippen molar-refractivity contribution in [2.75, 3.05) is 16.4 Å². The number of anilines is 2. The van der Waals surface area contributed by atoms with Crippen molar-refractivity contribution in [1.29, 1.82) is 0 Å². The number of carbonyl (C=O) groups excluding carboxylic acids is 2. The Balaban J connectivity index is 1.50. The Labute approximate surface area is 171 Å². The second-order valence-corrected chi connectivity index (χ2v) is 7.23. The third kappa shape index (κ3) is 5.64. The first kappa shape index (κ1) is 20.5. The van der Waals surface area contributed by atoms with E-state index < -0.39 is 0 Å². The van der Waals surface area contributed by atoms with E-state index >= 15 is 0 Å². The average molecular weight is 413 g/mol. The van der Waals surface area contributed by atoms with E-state index in [0.29, 0.717) is 28.8 Å². The van der Waals surface area contributed by atoms with Crippen LogP contribution in [0.5, 0.6) is 0 Å². The summed E-state index contributed by atoms with van der Waals surface area (Å²) in [6, 6.07) is 12.8. The first-order valence-electron chi connectivity index (χ1n) is 8.84. The highest BCUT2D eigenvalue weighted by Crippen LogP contribution is 2.18. The largest absolute Gasteiger partial charge is 0.378 e. The number of ketones is 1. The van der Waals surface area contributed by atoms with E-state index in [-0.39, 0.29) is 23.3 Å². The van der Waals surface area contributed by atoms with Crippen molar-refractivity contribution in [3.05, 3.63) is 65.7 Å². The summed E-state index contributed by atoms with van der Waals surface area (Å²) >= 11 is 1.27. The molecule has 0 aliphatic carbocycles. The van der Waals surface area contributed by atoms with Crippen LogP contribution in [0.2, 0.25) is 0 Å². The molecule has 0 aliphatic rings. The van der Waals surface area contributed by atoms with Gasteiger partial charge in [-0.25, -0.2) is 4.39 Å². The first-order valence-corrected chi connectivity index (χ1v) is 9.82. The predicted octanol–water partition coefficient (Wildman–Crippen LogP) is 3.50.